The SMILES string of the molecule is CC1CC(C)(C)CC2CC(=O)CC=C12. The molecule has 0 spiro atoms. The highest BCUT2D eigenvalue weighted by Crippen LogP contribution is 2.47. The number of carbonyl (C=O) groups is 1. The Morgan fingerprint density at radius 2 is 2.07 bits per heavy atom. The molecule has 0 saturated heterocycles. The lowest BCUT2D eigenvalue weighted by Crippen LogP contribution is -2.32. The quantitative estimate of drug-likeness (QED) is 0.538. The number of carbonyl (C=O) groups excluding carboxylic acids is 1. The van der Waals surface area contributed by atoms with Crippen LogP contribution in [0.2, 0.25) is 0 Å². The second-order valence-electron chi connectivity index (χ2n) is 5.82. The van der Waals surface area contributed by atoms with Gasteiger partial charge in [-0.3, -0.25) is 4.79 Å². The van der Waals surface area contributed by atoms with Gasteiger partial charge in [-0.1, -0.05) is 32.4 Å². The van der Waals surface area contributed by atoms with Crippen molar-refractivity contribution in [3.8, 4) is 0 Å². The Balaban J connectivity index is 2.23. The lowest BCUT2D eigenvalue weighted by atomic mass is 9.63. The number of fused-ring (bicyclic) bond motifs is 1. The molecule has 2 aliphatic rings. The van der Waals surface area contributed by atoms with E-state index >= 15 is 0 Å². The van der Waals surface area contributed by atoms with E-state index in [0.717, 1.165) is 6.42 Å². The molecule has 0 N–H and O–H groups in total. The Hall–Kier alpha value is -0.590. The molecule has 2 rings (SSSR count). The highest BCUT2D eigenvalue weighted by atomic mass is 16.1. The summed E-state index contributed by atoms with van der Waals surface area (Å²) >= 11 is 0. The van der Waals surface area contributed by atoms with Gasteiger partial charge in [-0.25, -0.2) is 0 Å². The first-order chi connectivity index (χ1) is 6.48. The first-order valence-electron chi connectivity index (χ1n) is 5.69. The molecule has 14 heavy (non-hydrogen) atoms. The van der Waals surface area contributed by atoms with E-state index in [1.807, 2.05) is 0 Å². The van der Waals surface area contributed by atoms with Gasteiger partial charge in [0.15, 0.2) is 0 Å². The summed E-state index contributed by atoms with van der Waals surface area (Å²) < 4.78 is 0. The largest absolute Gasteiger partial charge is 0.299 e. The Morgan fingerprint density at radius 1 is 1.36 bits per heavy atom. The zero-order valence-electron chi connectivity index (χ0n) is 9.47. The van der Waals surface area contributed by atoms with Gasteiger partial charge in [0.1, 0.15) is 5.78 Å². The highest BCUT2D eigenvalue weighted by molar-refractivity contribution is 5.82. The number of allylic oxidation sites excluding steroid dienone is 2. The van der Waals surface area contributed by atoms with Crippen LogP contribution in [-0.2, 0) is 4.79 Å². The topological polar surface area (TPSA) is 17.1 Å². The third kappa shape index (κ3) is 1.77. The van der Waals surface area contributed by atoms with Crippen molar-refractivity contribution >= 4 is 5.78 Å². The minimum absolute atomic E-state index is 0.430. The lowest BCUT2D eigenvalue weighted by Gasteiger charge is -2.42. The van der Waals surface area contributed by atoms with Crippen molar-refractivity contribution in [1.82, 2.24) is 0 Å². The molecular weight excluding hydrogens is 172 g/mol. The van der Waals surface area contributed by atoms with Gasteiger partial charge in [-0.05, 0) is 30.1 Å². The van der Waals surface area contributed by atoms with Gasteiger partial charge in [0.25, 0.3) is 0 Å². The van der Waals surface area contributed by atoms with Crippen LogP contribution in [0.3, 0.4) is 0 Å². The third-order valence-electron chi connectivity index (χ3n) is 3.74. The van der Waals surface area contributed by atoms with Crippen molar-refractivity contribution in [3.05, 3.63) is 11.6 Å². The van der Waals surface area contributed by atoms with Crippen LogP contribution in [0.5, 0.6) is 0 Å². The van der Waals surface area contributed by atoms with E-state index in [9.17, 15) is 4.79 Å². The molecule has 0 amide bonds. The number of ketones is 1. The molecule has 2 unspecified atom stereocenters. The van der Waals surface area contributed by atoms with E-state index in [2.05, 4.69) is 26.8 Å². The molecule has 1 nitrogen and oxygen atoms in total. The molecule has 2 atom stereocenters. The molecule has 78 valence electrons. The van der Waals surface area contributed by atoms with E-state index in [0.29, 0.717) is 29.5 Å². The first-order valence-corrected chi connectivity index (χ1v) is 5.69. The van der Waals surface area contributed by atoms with Crippen molar-refractivity contribution in [2.75, 3.05) is 0 Å². The Bertz CT molecular complexity index is 286. The Kier molecular flexibility index (Phi) is 2.29. The van der Waals surface area contributed by atoms with Crippen molar-refractivity contribution in [2.24, 2.45) is 17.3 Å². The number of rotatable bonds is 0. The molecule has 1 heteroatoms. The normalized spacial score (nSPS) is 36.2. The number of Topliss-reactive ketones (excluding diaryl/α,β-unsaturated/α-hetero) is 1. The van der Waals surface area contributed by atoms with E-state index < -0.39 is 0 Å². The molecule has 0 radical (unpaired) electrons. The van der Waals surface area contributed by atoms with Gasteiger partial charge in [-0.15, -0.1) is 0 Å². The first kappa shape index (κ1) is 9.95. The summed E-state index contributed by atoms with van der Waals surface area (Å²) in [5, 5.41) is 0. The van der Waals surface area contributed by atoms with Crippen LogP contribution >= 0.6 is 0 Å². The lowest BCUT2D eigenvalue weighted by molar-refractivity contribution is -0.119. The van der Waals surface area contributed by atoms with Crippen molar-refractivity contribution < 1.29 is 4.79 Å². The molecule has 0 aromatic carbocycles. The molecule has 1 fully saturated rings. The zero-order valence-corrected chi connectivity index (χ0v) is 9.47. The van der Waals surface area contributed by atoms with Crippen LogP contribution in [0.1, 0.15) is 46.5 Å². The summed E-state index contributed by atoms with van der Waals surface area (Å²) in [6, 6.07) is 0. The summed E-state index contributed by atoms with van der Waals surface area (Å²) in [5.41, 5.74) is 2.00. The van der Waals surface area contributed by atoms with Gasteiger partial charge < -0.3 is 0 Å². The summed E-state index contributed by atoms with van der Waals surface area (Å²) in [5.74, 6) is 1.69. The maximum absolute atomic E-state index is 11.4. The fourth-order valence-electron chi connectivity index (χ4n) is 3.37. The van der Waals surface area contributed by atoms with Crippen LogP contribution in [0.15, 0.2) is 11.6 Å². The van der Waals surface area contributed by atoms with E-state index in [4.69, 9.17) is 0 Å². The molecule has 2 aliphatic carbocycles. The van der Waals surface area contributed by atoms with Crippen LogP contribution in [0.25, 0.3) is 0 Å². The Labute approximate surface area is 86.6 Å². The van der Waals surface area contributed by atoms with Crippen LogP contribution in [0.4, 0.5) is 0 Å². The maximum atomic E-state index is 11.4. The molecular formula is C13H20O. The van der Waals surface area contributed by atoms with Gasteiger partial charge >= 0.3 is 0 Å². The monoisotopic (exact) mass is 192 g/mol. The second kappa shape index (κ2) is 3.22. The third-order valence-corrected chi connectivity index (χ3v) is 3.74. The maximum Gasteiger partial charge on any atom is 0.137 e. The smallest absolute Gasteiger partial charge is 0.137 e. The minimum atomic E-state index is 0.430. The summed E-state index contributed by atoms with van der Waals surface area (Å²) in [7, 11) is 0. The highest BCUT2D eigenvalue weighted by Gasteiger charge is 2.37. The standard InChI is InChI=1S/C13H20O/c1-9-7-13(2,3)8-10-6-11(14)4-5-12(9)10/h5,9-10H,4,6-8H2,1-3H3. The minimum Gasteiger partial charge on any atom is -0.299 e. The molecule has 0 heterocycles. The van der Waals surface area contributed by atoms with Crippen molar-refractivity contribution in [3.63, 3.8) is 0 Å². The predicted molar refractivity (Wildman–Crippen MR) is 58.0 cm³/mol. The summed E-state index contributed by atoms with van der Waals surface area (Å²) in [6.45, 7) is 6.98. The second-order valence-corrected chi connectivity index (χ2v) is 5.82. The molecule has 1 saturated carbocycles. The average Bonchev–Trinajstić information content (AvgIpc) is 2.00. The van der Waals surface area contributed by atoms with Crippen molar-refractivity contribution in [2.45, 2.75) is 46.5 Å². The predicted octanol–water partition coefficient (Wildman–Crippen LogP) is 3.35. The van der Waals surface area contributed by atoms with E-state index in [1.54, 1.807) is 5.57 Å². The molecule has 0 aromatic heterocycles. The fourth-order valence-corrected chi connectivity index (χ4v) is 3.37. The molecule has 0 aromatic rings. The average molecular weight is 192 g/mol. The van der Waals surface area contributed by atoms with Gasteiger partial charge in [0, 0.05) is 12.8 Å². The van der Waals surface area contributed by atoms with Gasteiger partial charge in [-0.2, -0.15) is 0 Å². The van der Waals surface area contributed by atoms with Gasteiger partial charge in [0.2, 0.25) is 0 Å². The number of hydrogen-bond acceptors (Lipinski definition) is 1. The van der Waals surface area contributed by atoms with Gasteiger partial charge in [0.05, 0.1) is 0 Å². The van der Waals surface area contributed by atoms with E-state index in [1.165, 1.54) is 12.8 Å². The fraction of sp³-hybridized carbons (Fsp3) is 0.769. The summed E-state index contributed by atoms with van der Waals surface area (Å²) in [4.78, 5) is 11.4. The Morgan fingerprint density at radius 3 is 2.79 bits per heavy atom. The van der Waals surface area contributed by atoms with Crippen LogP contribution in [-0.4, -0.2) is 5.78 Å². The van der Waals surface area contributed by atoms with E-state index in [-0.39, 0.29) is 0 Å². The molecule has 0 aliphatic heterocycles. The number of hydrogen-bond donors (Lipinski definition) is 0. The van der Waals surface area contributed by atoms with Crippen LogP contribution < -0.4 is 0 Å². The zero-order chi connectivity index (χ0) is 10.3. The molecule has 0 bridgehead atoms. The summed E-state index contributed by atoms with van der Waals surface area (Å²) in [6.07, 6.45) is 6.19. The van der Waals surface area contributed by atoms with Crippen LogP contribution in [0, 0.1) is 17.3 Å². The van der Waals surface area contributed by atoms with Crippen molar-refractivity contribution in [1.29, 1.82) is 0 Å².